The molecule has 0 unspecified atom stereocenters. The third-order valence-corrected chi connectivity index (χ3v) is 2.11. The Bertz CT molecular complexity index is 433. The van der Waals surface area contributed by atoms with Crippen LogP contribution in [-0.4, -0.2) is 9.55 Å². The van der Waals surface area contributed by atoms with Crippen LogP contribution in [0.4, 0.5) is 0 Å². The number of hydrogen-bond acceptors (Lipinski definition) is 1. The summed E-state index contributed by atoms with van der Waals surface area (Å²) >= 11 is 0. The van der Waals surface area contributed by atoms with Gasteiger partial charge in [0, 0.05) is 18.1 Å². The zero-order valence-electron chi connectivity index (χ0n) is 9.33. The Balaban J connectivity index is 3.21. The lowest BCUT2D eigenvalue weighted by Crippen LogP contribution is -1.99. The number of nitrogens with zero attached hydrogens (tertiary/aromatic N) is 2. The highest BCUT2D eigenvalue weighted by Gasteiger charge is 2.04. The van der Waals surface area contributed by atoms with Gasteiger partial charge in [-0.2, -0.15) is 0 Å². The van der Waals surface area contributed by atoms with Gasteiger partial charge in [0.15, 0.2) is 0 Å². The van der Waals surface area contributed by atoms with E-state index in [0.29, 0.717) is 0 Å². The van der Waals surface area contributed by atoms with Crippen LogP contribution < -0.4 is 0 Å². The van der Waals surface area contributed by atoms with Crippen molar-refractivity contribution in [3.05, 3.63) is 61.3 Å². The molecule has 0 fully saturated rings. The second kappa shape index (κ2) is 4.60. The normalized spacial score (nSPS) is 11.2. The molecule has 0 spiro atoms. The summed E-state index contributed by atoms with van der Waals surface area (Å²) in [6.07, 6.45) is 7.34. The molecule has 15 heavy (non-hydrogen) atoms. The van der Waals surface area contributed by atoms with Crippen molar-refractivity contribution in [2.45, 2.75) is 13.8 Å². The molecule has 0 aliphatic heterocycles. The first kappa shape index (κ1) is 11.2. The lowest BCUT2D eigenvalue weighted by atomic mass is 10.1. The van der Waals surface area contributed by atoms with Crippen LogP contribution in [0.15, 0.2) is 55.4 Å². The molecule has 0 saturated carbocycles. The predicted octanol–water partition coefficient (Wildman–Crippen LogP) is 3.35. The van der Waals surface area contributed by atoms with E-state index in [9.17, 15) is 0 Å². The molecule has 0 radical (unpaired) electrons. The molecule has 0 aliphatic rings. The topological polar surface area (TPSA) is 17.8 Å². The zero-order valence-corrected chi connectivity index (χ0v) is 9.33. The van der Waals surface area contributed by atoms with Gasteiger partial charge in [-0.05, 0) is 31.1 Å². The number of imidazole rings is 1. The molecule has 1 heterocycles. The van der Waals surface area contributed by atoms with Crippen LogP contribution in [0.25, 0.3) is 5.70 Å². The average Bonchev–Trinajstić information content (AvgIpc) is 2.60. The van der Waals surface area contributed by atoms with E-state index in [1.54, 1.807) is 12.3 Å². The van der Waals surface area contributed by atoms with E-state index >= 15 is 0 Å². The van der Waals surface area contributed by atoms with Gasteiger partial charge in [-0.25, -0.2) is 4.98 Å². The van der Waals surface area contributed by atoms with Gasteiger partial charge in [-0.15, -0.1) is 0 Å². The summed E-state index contributed by atoms with van der Waals surface area (Å²) in [5.41, 5.74) is 2.83. The standard InChI is InChI=1S/C13H16N2/c1-6-11(4)9-13(10(2)3)15-8-7-14-12(15)5/h6-9H,1-2,4H2,3,5H3/b13-9-. The fourth-order valence-electron chi connectivity index (χ4n) is 1.27. The van der Waals surface area contributed by atoms with Crippen molar-refractivity contribution in [3.63, 3.8) is 0 Å². The number of allylic oxidation sites excluding steroid dienone is 5. The SMILES string of the molecule is C=CC(=C)/C=C(/C(=C)C)n1ccnc1C. The van der Waals surface area contributed by atoms with E-state index in [4.69, 9.17) is 0 Å². The quantitative estimate of drug-likeness (QED) is 0.681. The third kappa shape index (κ3) is 2.56. The van der Waals surface area contributed by atoms with Crippen molar-refractivity contribution < 1.29 is 0 Å². The Hall–Kier alpha value is -1.83. The van der Waals surface area contributed by atoms with Crippen molar-refractivity contribution >= 4 is 5.70 Å². The number of hydrogen-bond donors (Lipinski definition) is 0. The molecule has 1 aromatic heterocycles. The minimum atomic E-state index is 0.862. The second-order valence-electron chi connectivity index (χ2n) is 3.43. The van der Waals surface area contributed by atoms with Crippen molar-refractivity contribution in [3.8, 4) is 0 Å². The minimum absolute atomic E-state index is 0.862. The van der Waals surface area contributed by atoms with Crippen LogP contribution in [-0.2, 0) is 0 Å². The largest absolute Gasteiger partial charge is 0.304 e. The highest BCUT2D eigenvalue weighted by molar-refractivity contribution is 5.66. The van der Waals surface area contributed by atoms with Gasteiger partial charge in [0.25, 0.3) is 0 Å². The molecule has 2 nitrogen and oxygen atoms in total. The summed E-state index contributed by atoms with van der Waals surface area (Å²) in [6.45, 7) is 15.4. The molecule has 0 aromatic carbocycles. The summed E-state index contributed by atoms with van der Waals surface area (Å²) in [5.74, 6) is 0.932. The van der Waals surface area contributed by atoms with E-state index < -0.39 is 0 Å². The number of rotatable bonds is 4. The van der Waals surface area contributed by atoms with Crippen LogP contribution in [0.3, 0.4) is 0 Å². The molecule has 1 aromatic rings. The van der Waals surface area contributed by atoms with Crippen molar-refractivity contribution in [1.29, 1.82) is 0 Å². The molecule has 0 bridgehead atoms. The first-order chi connectivity index (χ1) is 7.06. The van der Waals surface area contributed by atoms with E-state index in [1.807, 2.05) is 30.7 Å². The first-order valence-corrected chi connectivity index (χ1v) is 4.75. The van der Waals surface area contributed by atoms with Gasteiger partial charge in [0.05, 0.1) is 0 Å². The molecule has 0 aliphatic carbocycles. The lowest BCUT2D eigenvalue weighted by molar-refractivity contribution is 0.993. The molecular weight excluding hydrogens is 184 g/mol. The third-order valence-electron chi connectivity index (χ3n) is 2.11. The highest BCUT2D eigenvalue weighted by Crippen LogP contribution is 2.17. The van der Waals surface area contributed by atoms with E-state index in [-0.39, 0.29) is 0 Å². The second-order valence-corrected chi connectivity index (χ2v) is 3.43. The molecule has 0 saturated heterocycles. The van der Waals surface area contributed by atoms with E-state index in [2.05, 4.69) is 24.7 Å². The number of aryl methyl sites for hydroxylation is 1. The molecule has 0 N–H and O–H groups in total. The fraction of sp³-hybridized carbons (Fsp3) is 0.154. The Labute approximate surface area is 91.0 Å². The van der Waals surface area contributed by atoms with Crippen LogP contribution >= 0.6 is 0 Å². The van der Waals surface area contributed by atoms with Gasteiger partial charge in [-0.3, -0.25) is 0 Å². The highest BCUT2D eigenvalue weighted by atomic mass is 15.1. The monoisotopic (exact) mass is 200 g/mol. The molecule has 2 heteroatoms. The van der Waals surface area contributed by atoms with Crippen molar-refractivity contribution in [2.24, 2.45) is 0 Å². The van der Waals surface area contributed by atoms with Crippen LogP contribution in [0, 0.1) is 6.92 Å². The predicted molar refractivity (Wildman–Crippen MR) is 65.4 cm³/mol. The zero-order chi connectivity index (χ0) is 11.4. The van der Waals surface area contributed by atoms with E-state index in [0.717, 1.165) is 22.7 Å². The Morgan fingerprint density at radius 1 is 1.47 bits per heavy atom. The van der Waals surface area contributed by atoms with Crippen molar-refractivity contribution in [2.75, 3.05) is 0 Å². The molecule has 1 rings (SSSR count). The summed E-state index contributed by atoms with van der Waals surface area (Å²) < 4.78 is 1.98. The van der Waals surface area contributed by atoms with Crippen LogP contribution in [0.1, 0.15) is 12.7 Å². The van der Waals surface area contributed by atoms with Crippen LogP contribution in [0.2, 0.25) is 0 Å². The number of aromatic nitrogens is 2. The molecule has 0 atom stereocenters. The summed E-state index contributed by atoms with van der Waals surface area (Å²) in [6, 6.07) is 0. The maximum atomic E-state index is 4.18. The maximum Gasteiger partial charge on any atom is 0.110 e. The molecular formula is C13H16N2. The fourth-order valence-corrected chi connectivity index (χ4v) is 1.27. The summed E-state index contributed by atoms with van der Waals surface area (Å²) in [4.78, 5) is 4.18. The molecule has 78 valence electrons. The average molecular weight is 200 g/mol. The van der Waals surface area contributed by atoms with Crippen molar-refractivity contribution in [1.82, 2.24) is 9.55 Å². The van der Waals surface area contributed by atoms with Gasteiger partial charge >= 0.3 is 0 Å². The van der Waals surface area contributed by atoms with Gasteiger partial charge < -0.3 is 4.57 Å². The maximum absolute atomic E-state index is 4.18. The Morgan fingerprint density at radius 3 is 2.53 bits per heavy atom. The van der Waals surface area contributed by atoms with Gasteiger partial charge in [0.2, 0.25) is 0 Å². The first-order valence-electron chi connectivity index (χ1n) is 4.75. The smallest absolute Gasteiger partial charge is 0.110 e. The Morgan fingerprint density at radius 2 is 2.13 bits per heavy atom. The summed E-state index contributed by atoms with van der Waals surface area (Å²) in [7, 11) is 0. The summed E-state index contributed by atoms with van der Waals surface area (Å²) in [5, 5.41) is 0. The van der Waals surface area contributed by atoms with Crippen LogP contribution in [0.5, 0.6) is 0 Å². The minimum Gasteiger partial charge on any atom is -0.304 e. The van der Waals surface area contributed by atoms with E-state index in [1.165, 1.54) is 0 Å². The van der Waals surface area contributed by atoms with Gasteiger partial charge in [-0.1, -0.05) is 25.8 Å². The van der Waals surface area contributed by atoms with Gasteiger partial charge in [0.1, 0.15) is 5.82 Å². The molecule has 0 amide bonds. The lowest BCUT2D eigenvalue weighted by Gasteiger charge is -2.10. The Kier molecular flexibility index (Phi) is 3.45.